The van der Waals surface area contributed by atoms with Crippen molar-refractivity contribution in [3.63, 3.8) is 0 Å². The Bertz CT molecular complexity index is 43.0. The van der Waals surface area contributed by atoms with Gasteiger partial charge in [0.2, 0.25) is 0 Å². The van der Waals surface area contributed by atoms with Gasteiger partial charge < -0.3 is 35.5 Å². The van der Waals surface area contributed by atoms with Gasteiger partial charge in [-0.3, -0.25) is 0 Å². The third-order valence-corrected chi connectivity index (χ3v) is 0. The predicted octanol–water partition coefficient (Wildman–Crippen LogP) is -2.71. The first kappa shape index (κ1) is 37.3. The van der Waals surface area contributed by atoms with Crippen molar-refractivity contribution in [2.24, 2.45) is 0 Å². The van der Waals surface area contributed by atoms with Crippen LogP contribution < -0.4 is 51.4 Å². The molecule has 0 aliphatic rings. The number of hydrogen-bond donors (Lipinski definition) is 0. The largest absolute Gasteiger partial charge is 2.00 e. The van der Waals surface area contributed by atoms with E-state index in [9.17, 15) is 0 Å². The maximum absolute atomic E-state index is 6.25. The molecule has 0 aromatic rings. The molecule has 0 amide bonds. The average Bonchev–Trinajstić information content (AvgIpc) is 1.81. The second kappa shape index (κ2) is 602. The SMILES string of the molecule is [C-]#N.[C-]#N.[C-]#N.[K+].[Pd+2]. The van der Waals surface area contributed by atoms with E-state index in [1.807, 2.05) is 0 Å². The smallest absolute Gasteiger partial charge is 0.512 e. The zero-order valence-electron chi connectivity index (χ0n) is 4.16. The minimum atomic E-state index is 0. The summed E-state index contributed by atoms with van der Waals surface area (Å²) in [7, 11) is 0. The van der Waals surface area contributed by atoms with E-state index in [0.717, 1.165) is 0 Å². The van der Waals surface area contributed by atoms with Gasteiger partial charge in [-0.05, 0) is 0 Å². The van der Waals surface area contributed by atoms with Crippen molar-refractivity contribution in [2.75, 3.05) is 0 Å². The van der Waals surface area contributed by atoms with E-state index < -0.39 is 0 Å². The first-order chi connectivity index (χ1) is 3.00. The molecule has 8 heavy (non-hydrogen) atoms. The van der Waals surface area contributed by atoms with E-state index in [-0.39, 0.29) is 71.8 Å². The Morgan fingerprint density at radius 3 is 0.625 bits per heavy atom. The van der Waals surface area contributed by atoms with E-state index in [1.54, 1.807) is 0 Å². The van der Waals surface area contributed by atoms with Crippen molar-refractivity contribution in [2.45, 2.75) is 0 Å². The quantitative estimate of drug-likeness (QED) is 0.331. The predicted molar refractivity (Wildman–Crippen MR) is 14.9 cm³/mol. The van der Waals surface area contributed by atoms with Gasteiger partial charge in [0.15, 0.2) is 0 Å². The summed E-state index contributed by atoms with van der Waals surface area (Å²) in [4.78, 5) is 0. The third kappa shape index (κ3) is 381. The Morgan fingerprint density at radius 1 is 0.625 bits per heavy atom. The van der Waals surface area contributed by atoms with Crippen LogP contribution in [0, 0.1) is 35.5 Å². The van der Waals surface area contributed by atoms with Gasteiger partial charge in [-0.1, -0.05) is 0 Å². The van der Waals surface area contributed by atoms with Crippen LogP contribution in [0.3, 0.4) is 0 Å². The van der Waals surface area contributed by atoms with Crippen LogP contribution in [0.5, 0.6) is 0 Å². The monoisotopic (exact) mass is 223 g/mol. The van der Waals surface area contributed by atoms with E-state index in [4.69, 9.17) is 35.5 Å². The first-order valence-corrected chi connectivity index (χ1v) is 0.671. The van der Waals surface area contributed by atoms with Gasteiger partial charge in [0.25, 0.3) is 0 Å². The Morgan fingerprint density at radius 2 is 0.625 bits per heavy atom. The Kier molecular flexibility index (Phi) is 2810. The van der Waals surface area contributed by atoms with Crippen molar-refractivity contribution in [1.29, 1.82) is 15.8 Å². The third-order valence-electron chi connectivity index (χ3n) is 0. The molecule has 0 bridgehead atoms. The molecule has 0 heterocycles. The fourth-order valence-electron chi connectivity index (χ4n) is 0. The summed E-state index contributed by atoms with van der Waals surface area (Å²) >= 11 is 0. The molecular weight excluding hydrogens is 224 g/mol. The molecule has 0 aliphatic heterocycles. The summed E-state index contributed by atoms with van der Waals surface area (Å²) in [5.74, 6) is 0. The second-order valence-electron chi connectivity index (χ2n) is 0. The van der Waals surface area contributed by atoms with Gasteiger partial charge in [0, 0.05) is 0 Å². The molecule has 0 aromatic carbocycles. The van der Waals surface area contributed by atoms with Crippen molar-refractivity contribution in [1.82, 2.24) is 0 Å². The van der Waals surface area contributed by atoms with Crippen LogP contribution in [0.2, 0.25) is 0 Å². The summed E-state index contributed by atoms with van der Waals surface area (Å²) in [5.41, 5.74) is 0. The molecule has 0 saturated heterocycles. The summed E-state index contributed by atoms with van der Waals surface area (Å²) in [6.45, 7) is 14.2. The maximum atomic E-state index is 6.25. The molecular formula is C3KN3Pd. The molecule has 0 saturated carbocycles. The molecule has 0 unspecified atom stereocenters. The molecule has 0 aliphatic carbocycles. The maximum Gasteiger partial charge on any atom is 2.00 e. The van der Waals surface area contributed by atoms with Gasteiger partial charge >= 0.3 is 71.8 Å². The van der Waals surface area contributed by atoms with E-state index >= 15 is 0 Å². The normalized spacial score (nSPS) is 0.750. The van der Waals surface area contributed by atoms with Gasteiger partial charge in [0.05, 0.1) is 0 Å². The van der Waals surface area contributed by atoms with Gasteiger partial charge in [-0.15, -0.1) is 0 Å². The van der Waals surface area contributed by atoms with Crippen LogP contribution in [0.15, 0.2) is 0 Å². The molecule has 3 nitrogen and oxygen atoms in total. The summed E-state index contributed by atoms with van der Waals surface area (Å²) < 4.78 is 0. The van der Waals surface area contributed by atoms with E-state index in [0.29, 0.717) is 0 Å². The molecule has 0 radical (unpaired) electrons. The standard InChI is InChI=1S/3CN.K.Pd/c3*1-2;;/q3*-1;+1;+2. The number of rotatable bonds is 0. The van der Waals surface area contributed by atoms with E-state index in [2.05, 4.69) is 0 Å². The van der Waals surface area contributed by atoms with Crippen LogP contribution >= 0.6 is 0 Å². The van der Waals surface area contributed by atoms with Crippen molar-refractivity contribution in [3.8, 4) is 0 Å². The molecule has 0 rings (SSSR count). The number of nitrogens with zero attached hydrogens (tertiary/aromatic N) is 3. The van der Waals surface area contributed by atoms with Crippen LogP contribution in [0.1, 0.15) is 0 Å². The second-order valence-corrected chi connectivity index (χ2v) is 0. The Labute approximate surface area is 105 Å². The molecule has 38 valence electrons. The van der Waals surface area contributed by atoms with Gasteiger partial charge in [0.1, 0.15) is 0 Å². The zero-order chi connectivity index (χ0) is 6.00. The fourth-order valence-corrected chi connectivity index (χ4v) is 0. The molecule has 0 aromatic heterocycles. The van der Waals surface area contributed by atoms with Crippen LogP contribution in [0.25, 0.3) is 0 Å². The number of hydrogen-bond acceptors (Lipinski definition) is 3. The average molecular weight is 224 g/mol. The molecule has 5 heteroatoms. The summed E-state index contributed by atoms with van der Waals surface area (Å²) in [6.07, 6.45) is 0. The molecule has 0 spiro atoms. The van der Waals surface area contributed by atoms with E-state index in [1.165, 1.54) is 0 Å². The van der Waals surface area contributed by atoms with Crippen LogP contribution in [0.4, 0.5) is 0 Å². The van der Waals surface area contributed by atoms with Gasteiger partial charge in [-0.25, -0.2) is 0 Å². The van der Waals surface area contributed by atoms with Crippen LogP contribution in [-0.2, 0) is 20.4 Å². The zero-order valence-corrected chi connectivity index (χ0v) is 8.84. The van der Waals surface area contributed by atoms with Crippen molar-refractivity contribution in [3.05, 3.63) is 19.7 Å². The van der Waals surface area contributed by atoms with Crippen molar-refractivity contribution >= 4 is 0 Å². The topological polar surface area (TPSA) is 71.4 Å². The Balaban J connectivity index is -0.00000000500. The minimum absolute atomic E-state index is 0. The molecule has 0 N–H and O–H groups in total. The fraction of sp³-hybridized carbons (Fsp3) is 0. The minimum Gasteiger partial charge on any atom is -0.512 e. The molecule has 0 atom stereocenters. The van der Waals surface area contributed by atoms with Crippen LogP contribution in [-0.4, -0.2) is 0 Å². The first-order valence-electron chi connectivity index (χ1n) is 0.671. The Hall–Kier alpha value is 0.769. The molecule has 0 fully saturated rings. The summed E-state index contributed by atoms with van der Waals surface area (Å²) in [6, 6.07) is 0. The summed E-state index contributed by atoms with van der Waals surface area (Å²) in [5, 5.41) is 18.8. The van der Waals surface area contributed by atoms with Crippen molar-refractivity contribution < 1.29 is 71.8 Å². The van der Waals surface area contributed by atoms with Gasteiger partial charge in [-0.2, -0.15) is 0 Å².